The van der Waals surface area contributed by atoms with E-state index in [0.29, 0.717) is 17.9 Å². The maximum Gasteiger partial charge on any atom is 0.229 e. The summed E-state index contributed by atoms with van der Waals surface area (Å²) in [6.45, 7) is 0.356. The molecule has 0 fully saturated rings. The number of nitrogens with two attached hydrogens (primary N) is 1. The Labute approximate surface area is 106 Å². The van der Waals surface area contributed by atoms with Crippen LogP contribution >= 0.6 is 0 Å². The van der Waals surface area contributed by atoms with Crippen molar-refractivity contribution < 1.29 is 14.7 Å². The van der Waals surface area contributed by atoms with Gasteiger partial charge < -0.3 is 20.6 Å². The predicted molar refractivity (Wildman–Crippen MR) is 68.9 cm³/mol. The topological polar surface area (TPSA) is 88.2 Å². The number of hydrogen-bond acceptors (Lipinski definition) is 4. The van der Waals surface area contributed by atoms with Crippen LogP contribution in [0.3, 0.4) is 0 Å². The highest BCUT2D eigenvalue weighted by molar-refractivity contribution is 6.06. The first-order valence-electron chi connectivity index (χ1n) is 5.44. The van der Waals surface area contributed by atoms with Gasteiger partial charge in [0, 0.05) is 19.7 Å². The maximum atomic E-state index is 11.9. The van der Waals surface area contributed by atoms with Crippen LogP contribution in [0.2, 0.25) is 0 Å². The fraction of sp³-hybridized carbons (Fsp3) is 0.333. The number of oxime groups is 1. The summed E-state index contributed by atoms with van der Waals surface area (Å²) in [6, 6.07) is 6.95. The van der Waals surface area contributed by atoms with Crippen molar-refractivity contribution in [3.05, 3.63) is 29.8 Å². The van der Waals surface area contributed by atoms with E-state index in [4.69, 9.17) is 15.7 Å². The van der Waals surface area contributed by atoms with E-state index in [0.717, 1.165) is 0 Å². The van der Waals surface area contributed by atoms with Crippen molar-refractivity contribution in [2.75, 3.05) is 25.7 Å². The molecule has 0 saturated heterocycles. The molecule has 0 aliphatic heterocycles. The number of nitrogens with zero attached hydrogens (tertiary/aromatic N) is 2. The van der Waals surface area contributed by atoms with Crippen LogP contribution in [0.25, 0.3) is 0 Å². The number of ether oxygens (including phenoxy) is 1. The molecule has 6 heteroatoms. The summed E-state index contributed by atoms with van der Waals surface area (Å²) in [4.78, 5) is 13.3. The van der Waals surface area contributed by atoms with Crippen LogP contribution in [0.1, 0.15) is 12.0 Å². The molecule has 6 nitrogen and oxygen atoms in total. The molecule has 0 bridgehead atoms. The smallest absolute Gasteiger partial charge is 0.229 e. The first-order valence-corrected chi connectivity index (χ1v) is 5.44. The molecule has 1 aromatic rings. The van der Waals surface area contributed by atoms with Gasteiger partial charge in [0.25, 0.3) is 0 Å². The van der Waals surface area contributed by atoms with Crippen LogP contribution < -0.4 is 10.6 Å². The van der Waals surface area contributed by atoms with Crippen molar-refractivity contribution in [1.82, 2.24) is 0 Å². The minimum Gasteiger partial charge on any atom is -0.409 e. The van der Waals surface area contributed by atoms with Crippen LogP contribution in [0.4, 0.5) is 5.69 Å². The summed E-state index contributed by atoms with van der Waals surface area (Å²) in [5.41, 5.74) is 6.67. The lowest BCUT2D eigenvalue weighted by atomic mass is 10.1. The van der Waals surface area contributed by atoms with Gasteiger partial charge in [0.2, 0.25) is 5.91 Å². The number of rotatable bonds is 5. The van der Waals surface area contributed by atoms with Gasteiger partial charge in [-0.25, -0.2) is 0 Å². The summed E-state index contributed by atoms with van der Waals surface area (Å²) in [5.74, 6) is -0.132. The second-order valence-electron chi connectivity index (χ2n) is 3.70. The van der Waals surface area contributed by atoms with Crippen molar-refractivity contribution in [3.63, 3.8) is 0 Å². The Balaban J connectivity index is 2.98. The number of amides is 1. The minimum absolute atomic E-state index is 0.0306. The average Bonchev–Trinajstić information content (AvgIpc) is 2.43. The molecule has 1 amide bonds. The van der Waals surface area contributed by atoms with Gasteiger partial charge in [-0.1, -0.05) is 17.3 Å². The summed E-state index contributed by atoms with van der Waals surface area (Å²) in [5, 5.41) is 11.7. The summed E-state index contributed by atoms with van der Waals surface area (Å²) in [6.07, 6.45) is 0.275. The van der Waals surface area contributed by atoms with Crippen molar-refractivity contribution in [1.29, 1.82) is 0 Å². The Bertz CT molecular complexity index is 446. The van der Waals surface area contributed by atoms with Crippen molar-refractivity contribution in [2.45, 2.75) is 6.42 Å². The molecular weight excluding hydrogens is 234 g/mol. The largest absolute Gasteiger partial charge is 0.409 e. The van der Waals surface area contributed by atoms with Crippen molar-refractivity contribution >= 4 is 17.4 Å². The second kappa shape index (κ2) is 6.61. The lowest BCUT2D eigenvalue weighted by Crippen LogP contribution is -2.29. The highest BCUT2D eigenvalue weighted by atomic mass is 16.5. The number of methoxy groups -OCH3 is 1. The standard InChI is InChI=1S/C12H17N3O3/c1-15(11(16)7-8-18-2)10-6-4-3-5-9(10)12(13)14-17/h3-6,17H,7-8H2,1-2H3,(H2,13,14). The average molecular weight is 251 g/mol. The Morgan fingerprint density at radius 1 is 1.50 bits per heavy atom. The van der Waals surface area contributed by atoms with Crippen LogP contribution in [-0.4, -0.2) is 37.7 Å². The predicted octanol–water partition coefficient (Wildman–Crippen LogP) is 0.780. The Morgan fingerprint density at radius 3 is 2.78 bits per heavy atom. The third-order valence-electron chi connectivity index (χ3n) is 2.54. The molecular formula is C12H17N3O3. The first kappa shape index (κ1) is 14.0. The summed E-state index contributed by atoms with van der Waals surface area (Å²) >= 11 is 0. The molecule has 98 valence electrons. The molecule has 18 heavy (non-hydrogen) atoms. The van der Waals surface area contributed by atoms with E-state index < -0.39 is 0 Å². The van der Waals surface area contributed by atoms with Gasteiger partial charge >= 0.3 is 0 Å². The number of para-hydroxylation sites is 1. The van der Waals surface area contributed by atoms with Gasteiger partial charge in [0.05, 0.1) is 18.7 Å². The first-order chi connectivity index (χ1) is 8.61. The quantitative estimate of drug-likeness (QED) is 0.350. The lowest BCUT2D eigenvalue weighted by molar-refractivity contribution is -0.119. The Kier molecular flexibility index (Phi) is 5.13. The molecule has 0 atom stereocenters. The Morgan fingerprint density at radius 2 is 2.17 bits per heavy atom. The monoisotopic (exact) mass is 251 g/mol. The molecule has 0 aliphatic rings. The fourth-order valence-corrected chi connectivity index (χ4v) is 1.53. The minimum atomic E-state index is -0.102. The number of hydrogen-bond donors (Lipinski definition) is 2. The number of amidine groups is 1. The van der Waals surface area contributed by atoms with Crippen molar-refractivity contribution in [2.24, 2.45) is 10.9 Å². The summed E-state index contributed by atoms with van der Waals surface area (Å²) < 4.78 is 4.86. The zero-order chi connectivity index (χ0) is 13.5. The fourth-order valence-electron chi connectivity index (χ4n) is 1.53. The van der Waals surface area contributed by atoms with E-state index in [1.54, 1.807) is 31.3 Å². The number of carbonyl (C=O) groups is 1. The maximum absolute atomic E-state index is 11.9. The van der Waals surface area contributed by atoms with Gasteiger partial charge in [-0.15, -0.1) is 0 Å². The van der Waals surface area contributed by atoms with Crippen LogP contribution in [0, 0.1) is 0 Å². The van der Waals surface area contributed by atoms with E-state index in [-0.39, 0.29) is 18.2 Å². The number of anilines is 1. The molecule has 0 unspecified atom stereocenters. The molecule has 0 aromatic heterocycles. The highest BCUT2D eigenvalue weighted by Crippen LogP contribution is 2.19. The summed E-state index contributed by atoms with van der Waals surface area (Å²) in [7, 11) is 3.18. The second-order valence-corrected chi connectivity index (χ2v) is 3.70. The van der Waals surface area contributed by atoms with Gasteiger partial charge in [-0.05, 0) is 12.1 Å². The lowest BCUT2D eigenvalue weighted by Gasteiger charge is -2.20. The molecule has 0 aliphatic carbocycles. The molecule has 3 N–H and O–H groups in total. The Hall–Kier alpha value is -2.08. The molecule has 1 rings (SSSR count). The van der Waals surface area contributed by atoms with Gasteiger partial charge in [0.1, 0.15) is 0 Å². The zero-order valence-corrected chi connectivity index (χ0v) is 10.5. The SMILES string of the molecule is COCCC(=O)N(C)c1ccccc1C(N)=NO. The molecule has 1 aromatic carbocycles. The van der Waals surface area contributed by atoms with E-state index in [9.17, 15) is 4.79 Å². The van der Waals surface area contributed by atoms with E-state index in [1.165, 1.54) is 12.0 Å². The van der Waals surface area contributed by atoms with E-state index in [2.05, 4.69) is 5.16 Å². The van der Waals surface area contributed by atoms with Crippen molar-refractivity contribution in [3.8, 4) is 0 Å². The van der Waals surface area contributed by atoms with E-state index >= 15 is 0 Å². The number of benzene rings is 1. The third-order valence-corrected chi connectivity index (χ3v) is 2.54. The third kappa shape index (κ3) is 3.21. The molecule has 0 spiro atoms. The molecule has 0 saturated carbocycles. The van der Waals surface area contributed by atoms with E-state index in [1.807, 2.05) is 0 Å². The van der Waals surface area contributed by atoms with Crippen LogP contribution in [0.15, 0.2) is 29.4 Å². The molecule has 0 radical (unpaired) electrons. The zero-order valence-electron chi connectivity index (χ0n) is 10.5. The highest BCUT2D eigenvalue weighted by Gasteiger charge is 2.15. The van der Waals surface area contributed by atoms with Crippen LogP contribution in [-0.2, 0) is 9.53 Å². The number of carbonyl (C=O) groups excluding carboxylic acids is 1. The van der Waals surface area contributed by atoms with Gasteiger partial charge in [0.15, 0.2) is 5.84 Å². The van der Waals surface area contributed by atoms with Gasteiger partial charge in [-0.2, -0.15) is 0 Å². The normalized spacial score (nSPS) is 11.3. The van der Waals surface area contributed by atoms with Gasteiger partial charge in [-0.3, -0.25) is 4.79 Å². The molecule has 0 heterocycles. The van der Waals surface area contributed by atoms with Crippen LogP contribution in [0.5, 0.6) is 0 Å².